The molecule has 1 heterocycles. The molecule has 0 aliphatic carbocycles. The molecule has 0 aromatic heterocycles. The van der Waals surface area contributed by atoms with E-state index in [1.165, 1.54) is 25.3 Å². The number of nitriles is 1. The number of hydrogen-bond donors (Lipinski definition) is 0. The first kappa shape index (κ1) is 26.6. The standard InChI is InChI=1S/C27H22N2O8/c1-34-23(30)19-13-18(16-8-6-5-7-9-16)12-17(22(19)25(32)36-3)10-11-21-20(24(31)35-2)14-29-27(21,15-28)26(33)37-4/h5-14H,1-4H3/b11-10-. The van der Waals surface area contributed by atoms with Crippen molar-refractivity contribution in [1.82, 2.24) is 0 Å². The van der Waals surface area contributed by atoms with E-state index in [1.807, 2.05) is 18.2 Å². The van der Waals surface area contributed by atoms with Crippen molar-refractivity contribution in [2.24, 2.45) is 4.99 Å². The molecule has 0 amide bonds. The number of ether oxygens (including phenoxy) is 4. The zero-order valence-corrected chi connectivity index (χ0v) is 20.4. The highest BCUT2D eigenvalue weighted by atomic mass is 16.5. The monoisotopic (exact) mass is 502 g/mol. The van der Waals surface area contributed by atoms with Crippen molar-refractivity contribution in [3.8, 4) is 17.2 Å². The fourth-order valence-electron chi connectivity index (χ4n) is 3.79. The Kier molecular flexibility index (Phi) is 7.99. The van der Waals surface area contributed by atoms with Gasteiger partial charge in [0.1, 0.15) is 6.07 Å². The molecule has 1 atom stereocenters. The Morgan fingerprint density at radius 3 is 2.05 bits per heavy atom. The maximum absolute atomic E-state index is 12.8. The number of carbonyl (C=O) groups excluding carboxylic acids is 4. The van der Waals surface area contributed by atoms with Crippen molar-refractivity contribution in [2.45, 2.75) is 5.54 Å². The Morgan fingerprint density at radius 1 is 0.838 bits per heavy atom. The van der Waals surface area contributed by atoms with Crippen molar-refractivity contribution in [3.63, 3.8) is 0 Å². The van der Waals surface area contributed by atoms with Crippen molar-refractivity contribution in [1.29, 1.82) is 5.26 Å². The molecule has 0 radical (unpaired) electrons. The minimum Gasteiger partial charge on any atom is -0.466 e. The summed E-state index contributed by atoms with van der Waals surface area (Å²) in [5.41, 5.74) is -1.16. The third-order valence-corrected chi connectivity index (χ3v) is 5.62. The molecule has 10 nitrogen and oxygen atoms in total. The van der Waals surface area contributed by atoms with Gasteiger partial charge in [-0.3, -0.25) is 4.99 Å². The first-order chi connectivity index (χ1) is 17.8. The van der Waals surface area contributed by atoms with Crippen molar-refractivity contribution >= 4 is 36.2 Å². The summed E-state index contributed by atoms with van der Waals surface area (Å²) in [6, 6.07) is 14.0. The van der Waals surface area contributed by atoms with Crippen LogP contribution in [0.5, 0.6) is 0 Å². The predicted octanol–water partition coefficient (Wildman–Crippen LogP) is 2.93. The average Bonchev–Trinajstić information content (AvgIpc) is 3.33. The highest BCUT2D eigenvalue weighted by Crippen LogP contribution is 2.34. The van der Waals surface area contributed by atoms with Crippen LogP contribution in [0.3, 0.4) is 0 Å². The molecular weight excluding hydrogens is 480 g/mol. The second-order valence-electron chi connectivity index (χ2n) is 7.56. The summed E-state index contributed by atoms with van der Waals surface area (Å²) < 4.78 is 19.3. The molecule has 2 aromatic rings. The van der Waals surface area contributed by atoms with E-state index in [9.17, 15) is 24.4 Å². The van der Waals surface area contributed by atoms with E-state index in [4.69, 9.17) is 18.9 Å². The van der Waals surface area contributed by atoms with Crippen LogP contribution in [-0.2, 0) is 28.5 Å². The lowest BCUT2D eigenvalue weighted by atomic mass is 9.88. The van der Waals surface area contributed by atoms with Crippen LogP contribution in [0.25, 0.3) is 17.2 Å². The zero-order valence-electron chi connectivity index (χ0n) is 20.4. The number of methoxy groups -OCH3 is 4. The van der Waals surface area contributed by atoms with E-state index < -0.39 is 29.4 Å². The number of carbonyl (C=O) groups is 4. The maximum Gasteiger partial charge on any atom is 0.353 e. The van der Waals surface area contributed by atoms with Gasteiger partial charge >= 0.3 is 23.9 Å². The summed E-state index contributed by atoms with van der Waals surface area (Å²) in [4.78, 5) is 54.3. The molecule has 0 fully saturated rings. The van der Waals surface area contributed by atoms with Crippen LogP contribution in [0.15, 0.2) is 64.7 Å². The summed E-state index contributed by atoms with van der Waals surface area (Å²) in [6.07, 6.45) is 3.69. The topological polar surface area (TPSA) is 141 Å². The molecule has 0 bridgehead atoms. The third kappa shape index (κ3) is 4.88. The van der Waals surface area contributed by atoms with Crippen LogP contribution < -0.4 is 0 Å². The fraction of sp³-hybridized carbons (Fsp3) is 0.185. The molecule has 0 spiro atoms. The van der Waals surface area contributed by atoms with Crippen LogP contribution in [0.2, 0.25) is 0 Å². The van der Waals surface area contributed by atoms with Gasteiger partial charge in [-0.2, -0.15) is 5.26 Å². The van der Waals surface area contributed by atoms with Gasteiger partial charge in [0.2, 0.25) is 0 Å². The number of nitrogens with zero attached hydrogens (tertiary/aromatic N) is 2. The highest BCUT2D eigenvalue weighted by Gasteiger charge is 2.48. The number of rotatable bonds is 7. The van der Waals surface area contributed by atoms with Crippen LogP contribution in [0, 0.1) is 11.3 Å². The van der Waals surface area contributed by atoms with Gasteiger partial charge in [-0.1, -0.05) is 42.5 Å². The highest BCUT2D eigenvalue weighted by molar-refractivity contribution is 6.16. The molecule has 37 heavy (non-hydrogen) atoms. The Morgan fingerprint density at radius 2 is 1.49 bits per heavy atom. The van der Waals surface area contributed by atoms with E-state index in [1.54, 1.807) is 24.3 Å². The Bertz CT molecular complexity index is 1400. The second kappa shape index (κ2) is 11.1. The zero-order chi connectivity index (χ0) is 27.2. The molecule has 188 valence electrons. The van der Waals surface area contributed by atoms with Crippen LogP contribution >= 0.6 is 0 Å². The van der Waals surface area contributed by atoms with Gasteiger partial charge in [0.25, 0.3) is 5.54 Å². The molecule has 1 aliphatic rings. The molecule has 0 N–H and O–H groups in total. The lowest BCUT2D eigenvalue weighted by Crippen LogP contribution is -2.36. The van der Waals surface area contributed by atoms with Gasteiger partial charge in [-0.25, -0.2) is 19.2 Å². The van der Waals surface area contributed by atoms with Gasteiger partial charge in [0.05, 0.1) is 45.1 Å². The molecule has 1 aliphatic heterocycles. The van der Waals surface area contributed by atoms with Gasteiger partial charge in [-0.15, -0.1) is 0 Å². The second-order valence-corrected chi connectivity index (χ2v) is 7.56. The summed E-state index contributed by atoms with van der Waals surface area (Å²) >= 11 is 0. The van der Waals surface area contributed by atoms with Crippen LogP contribution in [0.1, 0.15) is 26.3 Å². The number of hydrogen-bond acceptors (Lipinski definition) is 10. The number of benzene rings is 2. The first-order valence-corrected chi connectivity index (χ1v) is 10.7. The number of esters is 4. The summed E-state index contributed by atoms with van der Waals surface area (Å²) in [7, 11) is 4.55. The molecule has 2 aromatic carbocycles. The van der Waals surface area contributed by atoms with Gasteiger partial charge in [0.15, 0.2) is 0 Å². The Balaban J connectivity index is 2.33. The van der Waals surface area contributed by atoms with E-state index in [0.29, 0.717) is 5.56 Å². The van der Waals surface area contributed by atoms with Gasteiger partial charge < -0.3 is 18.9 Å². The van der Waals surface area contributed by atoms with Crippen LogP contribution in [0.4, 0.5) is 0 Å². The smallest absolute Gasteiger partial charge is 0.353 e. The minimum atomic E-state index is -2.18. The van der Waals surface area contributed by atoms with Crippen molar-refractivity contribution < 1.29 is 38.1 Å². The van der Waals surface area contributed by atoms with Gasteiger partial charge in [-0.05, 0) is 28.8 Å². The molecule has 10 heteroatoms. The SMILES string of the molecule is COC(=O)C1=C(/C=C\c2cc(-c3ccccc3)cc(C(=O)OC)c2C(=O)OC)C(C#N)(C(=O)OC)N=C1. The molecule has 0 saturated heterocycles. The first-order valence-electron chi connectivity index (χ1n) is 10.7. The number of aliphatic imine (C=N–C) groups is 1. The summed E-state index contributed by atoms with van der Waals surface area (Å²) in [6.45, 7) is 0. The average molecular weight is 502 g/mol. The van der Waals surface area contributed by atoms with Crippen molar-refractivity contribution in [3.05, 3.63) is 76.4 Å². The van der Waals surface area contributed by atoms with E-state index in [2.05, 4.69) is 4.99 Å². The molecule has 1 unspecified atom stereocenters. The molecular formula is C27H22N2O8. The Hall–Kier alpha value is -5.04. The largest absolute Gasteiger partial charge is 0.466 e. The lowest BCUT2D eigenvalue weighted by Gasteiger charge is -2.18. The van der Waals surface area contributed by atoms with E-state index in [-0.39, 0.29) is 27.8 Å². The maximum atomic E-state index is 12.8. The third-order valence-electron chi connectivity index (χ3n) is 5.62. The summed E-state index contributed by atoms with van der Waals surface area (Å²) in [5.74, 6) is -3.48. The van der Waals surface area contributed by atoms with Gasteiger partial charge in [0, 0.05) is 11.8 Å². The predicted molar refractivity (Wildman–Crippen MR) is 131 cm³/mol. The normalized spacial score (nSPS) is 16.3. The minimum absolute atomic E-state index is 0.0697. The quantitative estimate of drug-likeness (QED) is 0.413. The van der Waals surface area contributed by atoms with Crippen LogP contribution in [-0.4, -0.2) is 64.1 Å². The van der Waals surface area contributed by atoms with Crippen molar-refractivity contribution in [2.75, 3.05) is 28.4 Å². The Labute approximate surface area is 212 Å². The van der Waals surface area contributed by atoms with E-state index >= 15 is 0 Å². The lowest BCUT2D eigenvalue weighted by molar-refractivity contribution is -0.143. The summed E-state index contributed by atoms with van der Waals surface area (Å²) in [5, 5.41) is 9.86. The molecule has 3 rings (SSSR count). The molecule has 0 saturated carbocycles. The fourth-order valence-corrected chi connectivity index (χ4v) is 3.79. The van der Waals surface area contributed by atoms with E-state index in [0.717, 1.165) is 33.1 Å².